The van der Waals surface area contributed by atoms with E-state index in [4.69, 9.17) is 5.11 Å². The normalized spacial score (nSPS) is 28.7. The Bertz CT molecular complexity index is 194. The molecule has 0 aromatic heterocycles. The maximum absolute atomic E-state index is 11.0. The summed E-state index contributed by atoms with van der Waals surface area (Å²) < 4.78 is 4.44. The van der Waals surface area contributed by atoms with E-state index in [1.807, 2.05) is 0 Å². The second-order valence-electron chi connectivity index (χ2n) is 2.67. The number of hydrogen-bond donors (Lipinski definition) is 1. The predicted octanol–water partition coefficient (Wildman–Crippen LogP) is -1.34. The lowest BCUT2D eigenvalue weighted by Gasteiger charge is -2.14. The summed E-state index contributed by atoms with van der Waals surface area (Å²) in [6.07, 6.45) is 1.18. The number of methoxy groups -OCH3 is 1. The van der Waals surface area contributed by atoms with Gasteiger partial charge in [-0.3, -0.25) is 4.79 Å². The van der Waals surface area contributed by atoms with E-state index in [2.05, 4.69) is 4.74 Å². The quantitative estimate of drug-likeness (QED) is 0.523. The first-order valence-corrected chi connectivity index (χ1v) is 3.59. The Morgan fingerprint density at radius 3 is 2.92 bits per heavy atom. The summed E-state index contributed by atoms with van der Waals surface area (Å²) in [5.41, 5.74) is 0. The van der Waals surface area contributed by atoms with Gasteiger partial charge in [0.05, 0.1) is 13.2 Å². The van der Waals surface area contributed by atoms with Crippen LogP contribution in [0.5, 0.6) is 0 Å². The minimum absolute atomic E-state index is 0.156. The van der Waals surface area contributed by atoms with Gasteiger partial charge in [-0.05, 0) is 0 Å². The first-order valence-electron chi connectivity index (χ1n) is 3.59. The van der Waals surface area contributed by atoms with Crippen molar-refractivity contribution in [1.82, 2.24) is 4.90 Å². The van der Waals surface area contributed by atoms with Crippen molar-refractivity contribution in [3.63, 3.8) is 0 Å². The molecule has 67 valence electrons. The molecule has 1 aliphatic heterocycles. The number of carbonyl (C=O) groups excluding carboxylic acids is 2. The molecular weight excluding hydrogens is 162 g/mol. The Balaban J connectivity index is 2.63. The number of hydrogen-bond acceptors (Lipinski definition) is 4. The van der Waals surface area contributed by atoms with Crippen LogP contribution in [-0.2, 0) is 14.3 Å². The zero-order valence-electron chi connectivity index (χ0n) is 6.69. The lowest BCUT2D eigenvalue weighted by Crippen LogP contribution is -2.35. The van der Waals surface area contributed by atoms with E-state index in [1.54, 1.807) is 6.41 Å². The summed E-state index contributed by atoms with van der Waals surface area (Å²) in [6.45, 7) is 0.156. The lowest BCUT2D eigenvalue weighted by atomic mass is 10.2. The molecule has 0 aliphatic carbocycles. The summed E-state index contributed by atoms with van der Waals surface area (Å²) in [4.78, 5) is 22.4. The van der Waals surface area contributed by atoms with E-state index >= 15 is 0 Å². The third kappa shape index (κ3) is 1.55. The van der Waals surface area contributed by atoms with Gasteiger partial charge in [-0.25, -0.2) is 4.79 Å². The molecule has 12 heavy (non-hydrogen) atoms. The maximum Gasteiger partial charge on any atom is 0.328 e. The summed E-state index contributed by atoms with van der Waals surface area (Å²) >= 11 is 0. The molecule has 0 spiro atoms. The summed E-state index contributed by atoms with van der Waals surface area (Å²) in [5, 5.41) is 9.12. The fourth-order valence-electron chi connectivity index (χ4n) is 1.27. The van der Waals surface area contributed by atoms with Crippen LogP contribution in [0.4, 0.5) is 0 Å². The van der Waals surface area contributed by atoms with Gasteiger partial charge < -0.3 is 14.7 Å². The average Bonchev–Trinajstić information content (AvgIpc) is 2.45. The topological polar surface area (TPSA) is 66.8 Å². The van der Waals surface area contributed by atoms with Crippen LogP contribution < -0.4 is 0 Å². The maximum atomic E-state index is 11.0. The fourth-order valence-corrected chi connectivity index (χ4v) is 1.27. The van der Waals surface area contributed by atoms with Gasteiger partial charge in [0, 0.05) is 13.0 Å². The van der Waals surface area contributed by atoms with Crippen molar-refractivity contribution in [2.24, 2.45) is 0 Å². The Labute approximate surface area is 69.9 Å². The van der Waals surface area contributed by atoms with Gasteiger partial charge in [-0.1, -0.05) is 0 Å². The first-order chi connectivity index (χ1) is 5.69. The molecule has 1 saturated heterocycles. The SMILES string of the molecule is COC(=O)[C@@H]1C[C@@H](O)CN1[C]=O. The predicted molar refractivity (Wildman–Crippen MR) is 38.8 cm³/mol. The zero-order chi connectivity index (χ0) is 9.14. The molecule has 1 aliphatic rings. The number of esters is 1. The van der Waals surface area contributed by atoms with Crippen LogP contribution in [0.2, 0.25) is 0 Å². The minimum Gasteiger partial charge on any atom is -0.467 e. The van der Waals surface area contributed by atoms with Crippen LogP contribution in [0.3, 0.4) is 0 Å². The number of aliphatic hydroxyl groups excluding tert-OH is 1. The van der Waals surface area contributed by atoms with E-state index in [9.17, 15) is 9.59 Å². The van der Waals surface area contributed by atoms with Gasteiger partial charge in [0.15, 0.2) is 0 Å². The highest BCUT2D eigenvalue weighted by Crippen LogP contribution is 2.16. The molecule has 0 bridgehead atoms. The number of β-amino-alcohol motifs (C(OH)–C–C–N with tert-alkyl or cyclic N) is 1. The van der Waals surface area contributed by atoms with Crippen LogP contribution in [0.1, 0.15) is 6.42 Å². The molecule has 1 amide bonds. The molecule has 0 aromatic carbocycles. The second-order valence-corrected chi connectivity index (χ2v) is 2.67. The van der Waals surface area contributed by atoms with Crippen molar-refractivity contribution in [2.45, 2.75) is 18.6 Å². The number of aliphatic hydroxyl groups is 1. The average molecular weight is 172 g/mol. The number of carbonyl (C=O) groups is 1. The van der Waals surface area contributed by atoms with E-state index in [1.165, 1.54) is 7.11 Å². The number of likely N-dealkylation sites (tertiary alicyclic amines) is 1. The molecule has 0 saturated carbocycles. The van der Waals surface area contributed by atoms with Crippen LogP contribution >= 0.6 is 0 Å². The molecule has 1 fully saturated rings. The molecule has 0 unspecified atom stereocenters. The van der Waals surface area contributed by atoms with Crippen LogP contribution in [-0.4, -0.2) is 48.2 Å². The molecule has 1 N–H and O–H groups in total. The third-order valence-electron chi connectivity index (χ3n) is 1.87. The van der Waals surface area contributed by atoms with Gasteiger partial charge in [0.2, 0.25) is 0 Å². The van der Waals surface area contributed by atoms with E-state index in [-0.39, 0.29) is 13.0 Å². The fraction of sp³-hybridized carbons (Fsp3) is 0.714. The minimum atomic E-state index is -0.664. The first kappa shape index (κ1) is 8.99. The Kier molecular flexibility index (Phi) is 2.65. The van der Waals surface area contributed by atoms with Gasteiger partial charge in [0.1, 0.15) is 6.04 Å². The number of rotatable bonds is 2. The van der Waals surface area contributed by atoms with Crippen molar-refractivity contribution in [2.75, 3.05) is 13.7 Å². The Morgan fingerprint density at radius 2 is 2.42 bits per heavy atom. The third-order valence-corrected chi connectivity index (χ3v) is 1.87. The molecule has 5 heteroatoms. The Morgan fingerprint density at radius 1 is 1.75 bits per heavy atom. The van der Waals surface area contributed by atoms with Crippen molar-refractivity contribution in [3.8, 4) is 0 Å². The van der Waals surface area contributed by atoms with Crippen molar-refractivity contribution < 1.29 is 19.4 Å². The largest absolute Gasteiger partial charge is 0.467 e. The van der Waals surface area contributed by atoms with E-state index < -0.39 is 18.1 Å². The van der Waals surface area contributed by atoms with Gasteiger partial charge in [0.25, 0.3) is 0 Å². The van der Waals surface area contributed by atoms with Crippen molar-refractivity contribution >= 4 is 12.4 Å². The van der Waals surface area contributed by atoms with Crippen molar-refractivity contribution in [1.29, 1.82) is 0 Å². The highest BCUT2D eigenvalue weighted by Gasteiger charge is 2.36. The summed E-state index contributed by atoms with van der Waals surface area (Å²) in [7, 11) is 1.25. The molecule has 0 aromatic rings. The number of nitrogens with zero attached hydrogens (tertiary/aromatic N) is 1. The standard InChI is InChI=1S/C7H10NO4/c1-12-7(11)6-2-5(10)3-8(6)4-9/h5-6,10H,2-3H2,1H3/t5-,6+/m1/s1. The lowest BCUT2D eigenvalue weighted by molar-refractivity contribution is -0.144. The highest BCUT2D eigenvalue weighted by atomic mass is 16.5. The number of ether oxygens (including phenoxy) is 1. The second kappa shape index (κ2) is 3.53. The molecule has 2 atom stereocenters. The molecular formula is C7H10NO4. The summed E-state index contributed by atoms with van der Waals surface area (Å²) in [5.74, 6) is -0.505. The molecule has 1 heterocycles. The van der Waals surface area contributed by atoms with Crippen LogP contribution in [0.15, 0.2) is 0 Å². The van der Waals surface area contributed by atoms with E-state index in [0.717, 1.165) is 4.90 Å². The van der Waals surface area contributed by atoms with Crippen LogP contribution in [0, 0.1) is 0 Å². The molecule has 1 rings (SSSR count). The Hall–Kier alpha value is -1.10. The van der Waals surface area contributed by atoms with Gasteiger partial charge in [-0.15, -0.1) is 0 Å². The smallest absolute Gasteiger partial charge is 0.328 e. The summed E-state index contributed by atoms with van der Waals surface area (Å²) in [6, 6.07) is -0.664. The highest BCUT2D eigenvalue weighted by molar-refractivity contribution is 5.78. The number of amides is 1. The molecule has 1 radical (unpaired) electrons. The monoisotopic (exact) mass is 172 g/mol. The van der Waals surface area contributed by atoms with Gasteiger partial charge >= 0.3 is 12.4 Å². The van der Waals surface area contributed by atoms with E-state index in [0.29, 0.717) is 0 Å². The van der Waals surface area contributed by atoms with Gasteiger partial charge in [-0.2, -0.15) is 0 Å². The zero-order valence-corrected chi connectivity index (χ0v) is 6.69. The molecule has 5 nitrogen and oxygen atoms in total. The van der Waals surface area contributed by atoms with Crippen LogP contribution in [0.25, 0.3) is 0 Å². The van der Waals surface area contributed by atoms with Crippen molar-refractivity contribution in [3.05, 3.63) is 0 Å².